The van der Waals surface area contributed by atoms with Crippen LogP contribution < -0.4 is 15.5 Å². The average molecular weight is 378 g/mol. The highest BCUT2D eigenvalue weighted by molar-refractivity contribution is 7.89. The van der Waals surface area contributed by atoms with Gasteiger partial charge in [-0.3, -0.25) is 19.4 Å². The van der Waals surface area contributed by atoms with Gasteiger partial charge in [-0.1, -0.05) is 4.89 Å². The second kappa shape index (κ2) is 9.04. The van der Waals surface area contributed by atoms with Crippen molar-refractivity contribution < 1.29 is 22.8 Å². The maximum atomic E-state index is 12.0. The summed E-state index contributed by atoms with van der Waals surface area (Å²) in [6, 6.07) is 8.71. The van der Waals surface area contributed by atoms with Gasteiger partial charge in [0.2, 0.25) is 5.91 Å². The first-order valence-electron chi connectivity index (χ1n) is 7.55. The number of pyridine rings is 1. The number of nitrogens with one attached hydrogen (secondary N) is 3. The van der Waals surface area contributed by atoms with E-state index in [0.29, 0.717) is 5.69 Å². The number of carbonyl (C=O) groups excluding carboxylic acids is 2. The summed E-state index contributed by atoms with van der Waals surface area (Å²) in [5.41, 5.74) is 0.847. The van der Waals surface area contributed by atoms with Crippen molar-refractivity contribution >= 4 is 27.5 Å². The number of carbonyl (C=O) groups is 2. The Morgan fingerprint density at radius 1 is 1.15 bits per heavy atom. The molecule has 0 bridgehead atoms. The van der Waals surface area contributed by atoms with Gasteiger partial charge in [-0.2, -0.15) is 0 Å². The van der Waals surface area contributed by atoms with Gasteiger partial charge in [0.05, 0.1) is 23.9 Å². The van der Waals surface area contributed by atoms with E-state index in [4.69, 9.17) is 0 Å². The molecule has 9 nitrogen and oxygen atoms in total. The number of rotatable bonds is 8. The number of benzene rings is 1. The van der Waals surface area contributed by atoms with Gasteiger partial charge < -0.3 is 10.6 Å². The molecule has 2 rings (SSSR count). The van der Waals surface area contributed by atoms with Crippen LogP contribution in [0.15, 0.2) is 53.7 Å². The zero-order valence-electron chi connectivity index (χ0n) is 13.9. The molecular weight excluding hydrogens is 360 g/mol. The predicted octanol–water partition coefficient (Wildman–Crippen LogP) is 0.680. The van der Waals surface area contributed by atoms with Crippen LogP contribution in [-0.2, 0) is 19.7 Å². The molecule has 0 aliphatic carbocycles. The van der Waals surface area contributed by atoms with Crippen molar-refractivity contribution in [1.82, 2.24) is 15.2 Å². The molecule has 0 saturated heterocycles. The fourth-order valence-corrected chi connectivity index (χ4v) is 2.81. The lowest BCUT2D eigenvalue weighted by Crippen LogP contribution is -2.28. The second-order valence-electron chi connectivity index (χ2n) is 5.11. The topological polar surface area (TPSA) is 126 Å². The van der Waals surface area contributed by atoms with Crippen LogP contribution in [0.5, 0.6) is 0 Å². The van der Waals surface area contributed by atoms with E-state index < -0.39 is 15.9 Å². The smallest absolute Gasteiger partial charge is 0.262 e. The zero-order valence-corrected chi connectivity index (χ0v) is 14.7. The molecule has 0 saturated carbocycles. The third-order valence-electron chi connectivity index (χ3n) is 3.20. The molecule has 10 heteroatoms. The summed E-state index contributed by atoms with van der Waals surface area (Å²) in [6.45, 7) is 0.135. The minimum Gasteiger partial charge on any atom is -0.352 e. The van der Waals surface area contributed by atoms with Crippen LogP contribution >= 0.6 is 0 Å². The molecule has 138 valence electrons. The maximum Gasteiger partial charge on any atom is 0.262 e. The third kappa shape index (κ3) is 5.62. The third-order valence-corrected chi connectivity index (χ3v) is 4.48. The quantitative estimate of drug-likeness (QED) is 0.580. The van der Waals surface area contributed by atoms with Gasteiger partial charge in [0.1, 0.15) is 0 Å². The Bertz CT molecular complexity index is 854. The Kier molecular flexibility index (Phi) is 6.78. The fraction of sp³-hybridized carbons (Fsp3) is 0.188. The largest absolute Gasteiger partial charge is 0.352 e. The second-order valence-corrected chi connectivity index (χ2v) is 6.76. The monoisotopic (exact) mass is 378 g/mol. The first-order valence-corrected chi connectivity index (χ1v) is 9.03. The minimum atomic E-state index is -3.77. The molecule has 0 atom stereocenters. The lowest BCUT2D eigenvalue weighted by molar-refractivity contribution is -0.116. The van der Waals surface area contributed by atoms with E-state index in [-0.39, 0.29) is 29.3 Å². The van der Waals surface area contributed by atoms with Crippen molar-refractivity contribution in [2.45, 2.75) is 11.3 Å². The molecule has 1 heterocycles. The lowest BCUT2D eigenvalue weighted by Gasteiger charge is -2.08. The van der Waals surface area contributed by atoms with E-state index in [1.807, 2.05) is 4.89 Å². The van der Waals surface area contributed by atoms with Gasteiger partial charge in [-0.25, -0.2) is 8.42 Å². The summed E-state index contributed by atoms with van der Waals surface area (Å²) in [7, 11) is -2.59. The molecule has 2 aromatic rings. The molecule has 26 heavy (non-hydrogen) atoms. The molecule has 0 aliphatic heterocycles. The highest BCUT2D eigenvalue weighted by atomic mass is 32.2. The highest BCUT2D eigenvalue weighted by Gasteiger charge is 2.14. The fourth-order valence-electron chi connectivity index (χ4n) is 2.00. The van der Waals surface area contributed by atoms with E-state index >= 15 is 0 Å². The summed E-state index contributed by atoms with van der Waals surface area (Å²) < 4.78 is 23.4. The molecule has 0 radical (unpaired) electrons. The number of aromatic nitrogens is 1. The highest BCUT2D eigenvalue weighted by Crippen LogP contribution is 2.10. The van der Waals surface area contributed by atoms with Crippen LogP contribution in [0.25, 0.3) is 0 Å². The molecule has 0 unspecified atom stereocenters. The molecule has 0 aliphatic rings. The number of hydrogen-bond acceptors (Lipinski definition) is 6. The molecule has 3 N–H and O–H groups in total. The van der Waals surface area contributed by atoms with Crippen molar-refractivity contribution in [3.63, 3.8) is 0 Å². The maximum absolute atomic E-state index is 12.0. The minimum absolute atomic E-state index is 0.0354. The standard InChI is InChI=1S/C16H18N4O5S/c1-25-20-26(23,24)14-6-4-12(5-7-14)16(22)18-10-8-15(21)19-13-3-2-9-17-11-13/h2-7,9,11,20H,8,10H2,1H3,(H,18,22)(H,19,21). The van der Waals surface area contributed by atoms with Crippen LogP contribution in [0.2, 0.25) is 0 Å². The van der Waals surface area contributed by atoms with Gasteiger partial charge in [0, 0.05) is 24.7 Å². The average Bonchev–Trinajstić information content (AvgIpc) is 2.62. The van der Waals surface area contributed by atoms with Crippen molar-refractivity contribution in [2.75, 3.05) is 19.0 Å². The first-order chi connectivity index (χ1) is 12.4. The van der Waals surface area contributed by atoms with E-state index in [9.17, 15) is 18.0 Å². The van der Waals surface area contributed by atoms with Gasteiger partial charge in [-0.15, -0.1) is 0 Å². The first kappa shape index (κ1) is 19.5. The van der Waals surface area contributed by atoms with Crippen LogP contribution in [0.1, 0.15) is 16.8 Å². The van der Waals surface area contributed by atoms with Crippen LogP contribution in [-0.4, -0.2) is 38.9 Å². The van der Waals surface area contributed by atoms with Gasteiger partial charge in [0.25, 0.3) is 15.9 Å². The lowest BCUT2D eigenvalue weighted by atomic mass is 10.2. The molecule has 0 spiro atoms. The summed E-state index contributed by atoms with van der Waals surface area (Å²) in [4.78, 5) is 33.9. The number of anilines is 1. The van der Waals surface area contributed by atoms with Crippen LogP contribution in [0, 0.1) is 0 Å². The summed E-state index contributed by atoms with van der Waals surface area (Å²) in [6.07, 6.45) is 3.20. The Hall–Kier alpha value is -2.82. The molecule has 1 aromatic carbocycles. The van der Waals surface area contributed by atoms with Crippen molar-refractivity contribution in [3.05, 3.63) is 54.4 Å². The van der Waals surface area contributed by atoms with Crippen LogP contribution in [0.4, 0.5) is 5.69 Å². The zero-order chi connectivity index (χ0) is 19.0. The Labute approximate surface area is 150 Å². The predicted molar refractivity (Wildman–Crippen MR) is 93.6 cm³/mol. The van der Waals surface area contributed by atoms with E-state index in [1.54, 1.807) is 18.3 Å². The molecular formula is C16H18N4O5S. The van der Waals surface area contributed by atoms with Crippen molar-refractivity contribution in [1.29, 1.82) is 0 Å². The van der Waals surface area contributed by atoms with Gasteiger partial charge in [0.15, 0.2) is 0 Å². The number of hydrogen-bond donors (Lipinski definition) is 3. The summed E-state index contributed by atoms with van der Waals surface area (Å²) in [5, 5.41) is 5.25. The van der Waals surface area contributed by atoms with Crippen LogP contribution in [0.3, 0.4) is 0 Å². The SMILES string of the molecule is CONS(=O)(=O)c1ccc(C(=O)NCCC(=O)Nc2cccnc2)cc1. The molecule has 0 fully saturated rings. The Morgan fingerprint density at radius 2 is 1.88 bits per heavy atom. The molecule has 2 amide bonds. The van der Waals surface area contributed by atoms with E-state index in [0.717, 1.165) is 0 Å². The molecule has 1 aromatic heterocycles. The normalized spacial score (nSPS) is 11.0. The van der Waals surface area contributed by atoms with E-state index in [1.165, 1.54) is 37.6 Å². The number of sulfonamides is 1. The van der Waals surface area contributed by atoms with Crippen molar-refractivity contribution in [3.8, 4) is 0 Å². The summed E-state index contributed by atoms with van der Waals surface area (Å²) >= 11 is 0. The van der Waals surface area contributed by atoms with Crippen molar-refractivity contribution in [2.24, 2.45) is 0 Å². The van der Waals surface area contributed by atoms with Gasteiger partial charge >= 0.3 is 0 Å². The Morgan fingerprint density at radius 3 is 2.50 bits per heavy atom. The van der Waals surface area contributed by atoms with Gasteiger partial charge in [-0.05, 0) is 36.4 Å². The summed E-state index contributed by atoms with van der Waals surface area (Å²) in [5.74, 6) is -0.673. The van der Waals surface area contributed by atoms with E-state index in [2.05, 4.69) is 20.5 Å². The number of nitrogens with zero attached hydrogens (tertiary/aromatic N) is 1. The number of amides is 2. The Balaban J connectivity index is 1.83.